The molecule has 150 valence electrons. The molecular weight excluding hydrogens is 344 g/mol. The molecule has 0 fully saturated rings. The van der Waals surface area contributed by atoms with Crippen LogP contribution in [0.3, 0.4) is 0 Å². The number of carbonyl (C=O) groups is 1. The lowest BCUT2D eigenvalue weighted by molar-refractivity contribution is 0.0302. The number of ether oxygens (including phenoxy) is 2. The van der Waals surface area contributed by atoms with E-state index >= 15 is 0 Å². The summed E-state index contributed by atoms with van der Waals surface area (Å²) < 4.78 is 11.0. The molecule has 0 heterocycles. The number of nitrogens with one attached hydrogen (secondary N) is 2. The van der Waals surface area contributed by atoms with Crippen molar-refractivity contribution in [2.45, 2.75) is 32.9 Å². The molecule has 0 saturated carbocycles. The number of para-hydroxylation sites is 1. The number of benzene rings is 1. The average Bonchev–Trinajstić information content (AvgIpc) is 2.61. The van der Waals surface area contributed by atoms with E-state index in [4.69, 9.17) is 9.47 Å². The fraction of sp³-hybridized carbons (Fsp3) is 0.500. The topological polar surface area (TPSA) is 75.2 Å². The number of guanidine groups is 1. The Labute approximate surface area is 162 Å². The molecule has 7 heteroatoms. The highest BCUT2D eigenvalue weighted by atomic mass is 16.6. The van der Waals surface area contributed by atoms with Crippen molar-refractivity contribution in [1.82, 2.24) is 15.5 Å². The van der Waals surface area contributed by atoms with Crippen LogP contribution in [-0.2, 0) is 11.3 Å². The van der Waals surface area contributed by atoms with Crippen LogP contribution >= 0.6 is 0 Å². The van der Waals surface area contributed by atoms with Crippen molar-refractivity contribution in [3.05, 3.63) is 42.5 Å². The third-order valence-corrected chi connectivity index (χ3v) is 3.44. The number of hydrogen-bond acceptors (Lipinski definition) is 4. The predicted molar refractivity (Wildman–Crippen MR) is 109 cm³/mol. The fourth-order valence-electron chi connectivity index (χ4n) is 2.11. The van der Waals surface area contributed by atoms with Gasteiger partial charge in [-0.2, -0.15) is 0 Å². The smallest absolute Gasteiger partial charge is 0.410 e. The number of likely N-dealkylation sites (N-methyl/N-ethyl adjacent to an activating group) is 1. The molecule has 0 radical (unpaired) electrons. The van der Waals surface area contributed by atoms with Crippen molar-refractivity contribution in [1.29, 1.82) is 0 Å². The average molecular weight is 377 g/mol. The van der Waals surface area contributed by atoms with Crippen molar-refractivity contribution < 1.29 is 14.3 Å². The van der Waals surface area contributed by atoms with E-state index in [1.54, 1.807) is 20.2 Å². The Morgan fingerprint density at radius 2 is 2.00 bits per heavy atom. The first kappa shape index (κ1) is 22.3. The second-order valence-corrected chi connectivity index (χ2v) is 6.96. The van der Waals surface area contributed by atoms with Gasteiger partial charge in [-0.3, -0.25) is 4.99 Å². The van der Waals surface area contributed by atoms with E-state index in [0.717, 1.165) is 11.3 Å². The summed E-state index contributed by atoms with van der Waals surface area (Å²) in [4.78, 5) is 17.7. The lowest BCUT2D eigenvalue weighted by Gasteiger charge is -2.25. The standard InChI is InChI=1S/C20H32N4O3/c1-7-14-26-17-11-9-8-10-16(17)15-23-18(21-5)22-12-13-24(6)19(25)27-20(2,3)4/h7-11H,1,12-15H2,2-6H3,(H2,21,22,23). The summed E-state index contributed by atoms with van der Waals surface area (Å²) in [6.07, 6.45) is 1.37. The molecule has 0 spiro atoms. The SMILES string of the molecule is C=CCOc1ccccc1CNC(=NC)NCCN(C)C(=O)OC(C)(C)C. The van der Waals surface area contributed by atoms with E-state index in [-0.39, 0.29) is 6.09 Å². The van der Waals surface area contributed by atoms with Gasteiger partial charge in [0.2, 0.25) is 0 Å². The Bertz CT molecular complexity index is 638. The van der Waals surface area contributed by atoms with Gasteiger partial charge in [-0.15, -0.1) is 0 Å². The Hall–Kier alpha value is -2.70. The number of hydrogen-bond donors (Lipinski definition) is 2. The van der Waals surface area contributed by atoms with E-state index in [2.05, 4.69) is 22.2 Å². The van der Waals surface area contributed by atoms with Crippen molar-refractivity contribution >= 4 is 12.1 Å². The number of aliphatic imine (C=N–C) groups is 1. The van der Waals surface area contributed by atoms with Crippen LogP contribution in [0.15, 0.2) is 41.9 Å². The van der Waals surface area contributed by atoms with Crippen molar-refractivity contribution in [3.8, 4) is 5.75 Å². The second kappa shape index (κ2) is 11.1. The zero-order valence-electron chi connectivity index (χ0n) is 17.0. The normalized spacial score (nSPS) is 11.5. The molecule has 0 bridgehead atoms. The summed E-state index contributed by atoms with van der Waals surface area (Å²) in [5, 5.41) is 6.43. The summed E-state index contributed by atoms with van der Waals surface area (Å²) in [5.41, 5.74) is 0.519. The maximum Gasteiger partial charge on any atom is 0.410 e. The lowest BCUT2D eigenvalue weighted by Crippen LogP contribution is -2.42. The molecule has 1 amide bonds. The number of carbonyl (C=O) groups excluding carboxylic acids is 1. The highest BCUT2D eigenvalue weighted by Crippen LogP contribution is 2.17. The fourth-order valence-corrected chi connectivity index (χ4v) is 2.11. The molecule has 7 nitrogen and oxygen atoms in total. The van der Waals surface area contributed by atoms with Gasteiger partial charge in [0.05, 0.1) is 0 Å². The molecule has 27 heavy (non-hydrogen) atoms. The third-order valence-electron chi connectivity index (χ3n) is 3.44. The van der Waals surface area contributed by atoms with Gasteiger partial charge < -0.3 is 25.0 Å². The van der Waals surface area contributed by atoms with Gasteiger partial charge in [-0.1, -0.05) is 30.9 Å². The van der Waals surface area contributed by atoms with Gasteiger partial charge in [0, 0.05) is 39.3 Å². The molecule has 0 unspecified atom stereocenters. The van der Waals surface area contributed by atoms with E-state index < -0.39 is 5.60 Å². The molecule has 0 aromatic heterocycles. The molecular formula is C20H32N4O3. The van der Waals surface area contributed by atoms with Crippen LogP contribution in [0.2, 0.25) is 0 Å². The predicted octanol–water partition coefficient (Wildman–Crippen LogP) is 2.78. The second-order valence-electron chi connectivity index (χ2n) is 6.96. The first-order valence-corrected chi connectivity index (χ1v) is 8.97. The summed E-state index contributed by atoms with van der Waals surface area (Å²) in [5.74, 6) is 1.45. The molecule has 0 atom stereocenters. The Morgan fingerprint density at radius 3 is 2.63 bits per heavy atom. The maximum absolute atomic E-state index is 11.9. The Balaban J connectivity index is 2.46. The summed E-state index contributed by atoms with van der Waals surface area (Å²) >= 11 is 0. The number of nitrogens with zero attached hydrogens (tertiary/aromatic N) is 2. The quantitative estimate of drug-likeness (QED) is 0.415. The number of rotatable bonds is 8. The minimum Gasteiger partial charge on any atom is -0.489 e. The van der Waals surface area contributed by atoms with Crippen molar-refractivity contribution in [2.24, 2.45) is 4.99 Å². The molecule has 0 aliphatic carbocycles. The summed E-state index contributed by atoms with van der Waals surface area (Å²) in [7, 11) is 3.41. The van der Waals surface area contributed by atoms with E-state index in [1.807, 2.05) is 45.0 Å². The lowest BCUT2D eigenvalue weighted by atomic mass is 10.2. The van der Waals surface area contributed by atoms with Gasteiger partial charge in [-0.25, -0.2) is 4.79 Å². The monoisotopic (exact) mass is 376 g/mol. The molecule has 0 saturated heterocycles. The Kier molecular flexibility index (Phi) is 9.19. The zero-order valence-corrected chi connectivity index (χ0v) is 17.0. The van der Waals surface area contributed by atoms with E-state index in [9.17, 15) is 4.79 Å². The molecule has 1 rings (SSSR count). The first-order valence-electron chi connectivity index (χ1n) is 8.97. The maximum atomic E-state index is 11.9. The van der Waals surface area contributed by atoms with Crippen LogP contribution in [0.4, 0.5) is 4.79 Å². The largest absolute Gasteiger partial charge is 0.489 e. The molecule has 0 aliphatic rings. The minimum atomic E-state index is -0.503. The van der Waals surface area contributed by atoms with Crippen LogP contribution < -0.4 is 15.4 Å². The highest BCUT2D eigenvalue weighted by molar-refractivity contribution is 5.79. The van der Waals surface area contributed by atoms with Gasteiger partial charge in [0.25, 0.3) is 0 Å². The van der Waals surface area contributed by atoms with Gasteiger partial charge >= 0.3 is 6.09 Å². The summed E-state index contributed by atoms with van der Waals surface area (Å²) in [6, 6.07) is 7.81. The molecule has 0 aliphatic heterocycles. The molecule has 1 aromatic carbocycles. The van der Waals surface area contributed by atoms with Gasteiger partial charge in [-0.05, 0) is 26.8 Å². The van der Waals surface area contributed by atoms with Crippen LogP contribution in [0.5, 0.6) is 5.75 Å². The summed E-state index contributed by atoms with van der Waals surface area (Å²) in [6.45, 7) is 11.3. The Morgan fingerprint density at radius 1 is 1.30 bits per heavy atom. The van der Waals surface area contributed by atoms with Crippen LogP contribution in [-0.4, -0.2) is 56.3 Å². The first-order chi connectivity index (χ1) is 12.8. The van der Waals surface area contributed by atoms with Crippen LogP contribution in [0.25, 0.3) is 0 Å². The third kappa shape index (κ3) is 8.99. The van der Waals surface area contributed by atoms with Gasteiger partial charge in [0.15, 0.2) is 5.96 Å². The highest BCUT2D eigenvalue weighted by Gasteiger charge is 2.19. The van der Waals surface area contributed by atoms with Crippen molar-refractivity contribution in [3.63, 3.8) is 0 Å². The van der Waals surface area contributed by atoms with Crippen LogP contribution in [0.1, 0.15) is 26.3 Å². The molecule has 1 aromatic rings. The molecule has 2 N–H and O–H groups in total. The minimum absolute atomic E-state index is 0.347. The van der Waals surface area contributed by atoms with E-state index in [1.165, 1.54) is 4.90 Å². The van der Waals surface area contributed by atoms with Crippen molar-refractivity contribution in [2.75, 3.05) is 33.8 Å². The number of amides is 1. The van der Waals surface area contributed by atoms with E-state index in [0.29, 0.717) is 32.2 Å². The van der Waals surface area contributed by atoms with Crippen LogP contribution in [0, 0.1) is 0 Å². The zero-order chi connectivity index (χ0) is 20.3. The van der Waals surface area contributed by atoms with Gasteiger partial charge in [0.1, 0.15) is 18.0 Å².